The van der Waals surface area contributed by atoms with Crippen LogP contribution in [0.3, 0.4) is 0 Å². The van der Waals surface area contributed by atoms with Gasteiger partial charge in [0, 0.05) is 12.8 Å². The van der Waals surface area contributed by atoms with Crippen LogP contribution in [0.5, 0.6) is 0 Å². The molecule has 0 saturated carbocycles. The molecule has 132 valence electrons. The zero-order valence-electron chi connectivity index (χ0n) is 14.6. The van der Waals surface area contributed by atoms with Crippen LogP contribution in [0.2, 0.25) is 0 Å². The monoisotopic (exact) mass is 316 g/mol. The summed E-state index contributed by atoms with van der Waals surface area (Å²) in [5, 5.41) is 16.1. The maximum absolute atomic E-state index is 9.79. The van der Waals surface area contributed by atoms with E-state index in [0.717, 1.165) is 0 Å². The first-order valence-electron chi connectivity index (χ1n) is 8.98. The summed E-state index contributed by atoms with van der Waals surface area (Å²) in [5.74, 6) is -1.90. The molecule has 0 aliphatic rings. The number of carbonyl (C=O) groups is 2. The number of hydrogen-bond acceptors (Lipinski definition) is 2. The molecule has 4 nitrogen and oxygen atoms in total. The van der Waals surface area contributed by atoms with E-state index in [2.05, 4.69) is 13.8 Å². The Morgan fingerprint density at radius 2 is 0.818 bits per heavy atom. The van der Waals surface area contributed by atoms with E-state index in [1.807, 2.05) is 0 Å². The van der Waals surface area contributed by atoms with Gasteiger partial charge < -0.3 is 10.2 Å². The molecule has 0 aliphatic heterocycles. The van der Waals surface area contributed by atoms with Gasteiger partial charge in [0.05, 0.1) is 0 Å². The van der Waals surface area contributed by atoms with E-state index in [9.17, 15) is 9.59 Å². The smallest absolute Gasteiger partial charge is 0.303 e. The fourth-order valence-electron chi connectivity index (χ4n) is 2.13. The van der Waals surface area contributed by atoms with E-state index in [-0.39, 0.29) is 19.3 Å². The van der Waals surface area contributed by atoms with Gasteiger partial charge in [-0.3, -0.25) is 9.59 Å². The second-order valence-electron chi connectivity index (χ2n) is 5.82. The van der Waals surface area contributed by atoms with Gasteiger partial charge in [0.25, 0.3) is 0 Å². The Labute approximate surface area is 136 Å². The molecule has 0 aliphatic carbocycles. The molecule has 2 N–H and O–H groups in total. The SMILES string of the molecule is CCCCCCCCCCCCC.O=C(O)CCCC(=O)O. The average molecular weight is 316 g/mol. The van der Waals surface area contributed by atoms with Gasteiger partial charge in [0.1, 0.15) is 0 Å². The van der Waals surface area contributed by atoms with Crippen molar-refractivity contribution in [2.24, 2.45) is 0 Å². The van der Waals surface area contributed by atoms with Gasteiger partial charge in [0.15, 0.2) is 0 Å². The Balaban J connectivity index is 0. The van der Waals surface area contributed by atoms with Gasteiger partial charge in [0.2, 0.25) is 0 Å². The summed E-state index contributed by atoms with van der Waals surface area (Å²) in [6.07, 6.45) is 16.0. The van der Waals surface area contributed by atoms with Crippen LogP contribution < -0.4 is 0 Å². The minimum absolute atomic E-state index is 0.0632. The summed E-state index contributed by atoms with van der Waals surface area (Å²) in [6, 6.07) is 0. The molecule has 0 aromatic carbocycles. The highest BCUT2D eigenvalue weighted by Gasteiger charge is 1.99. The quantitative estimate of drug-likeness (QED) is 0.406. The Kier molecular flexibility index (Phi) is 21.0. The van der Waals surface area contributed by atoms with E-state index in [1.54, 1.807) is 0 Å². The Bertz CT molecular complexity index is 227. The molecule has 0 atom stereocenters. The van der Waals surface area contributed by atoms with Crippen molar-refractivity contribution in [3.63, 3.8) is 0 Å². The predicted octanol–water partition coefficient (Wildman–Crippen LogP) is 5.64. The van der Waals surface area contributed by atoms with E-state index >= 15 is 0 Å². The molecule has 0 radical (unpaired) electrons. The Morgan fingerprint density at radius 3 is 1.05 bits per heavy atom. The molecule has 4 heteroatoms. The summed E-state index contributed by atoms with van der Waals surface area (Å²) in [6.45, 7) is 4.56. The van der Waals surface area contributed by atoms with E-state index < -0.39 is 11.9 Å². The van der Waals surface area contributed by atoms with Crippen LogP contribution in [-0.4, -0.2) is 22.2 Å². The van der Waals surface area contributed by atoms with Crippen LogP contribution in [0, 0.1) is 0 Å². The van der Waals surface area contributed by atoms with Gasteiger partial charge in [-0.05, 0) is 6.42 Å². The molecule has 0 fully saturated rings. The molecule has 0 bridgehead atoms. The van der Waals surface area contributed by atoms with Crippen LogP contribution >= 0.6 is 0 Å². The highest BCUT2D eigenvalue weighted by atomic mass is 16.4. The lowest BCUT2D eigenvalue weighted by Crippen LogP contribution is -1.98. The van der Waals surface area contributed by atoms with Gasteiger partial charge in [-0.2, -0.15) is 0 Å². The molecule has 0 spiro atoms. The lowest BCUT2D eigenvalue weighted by atomic mass is 10.1. The van der Waals surface area contributed by atoms with Crippen LogP contribution in [0.15, 0.2) is 0 Å². The molecular formula is C18H36O4. The Morgan fingerprint density at radius 1 is 0.545 bits per heavy atom. The first-order valence-corrected chi connectivity index (χ1v) is 8.98. The molecule has 0 aromatic rings. The number of carboxylic acids is 2. The zero-order valence-corrected chi connectivity index (χ0v) is 14.6. The number of rotatable bonds is 14. The minimum atomic E-state index is -0.948. The zero-order chi connectivity index (χ0) is 17.1. The summed E-state index contributed by atoms with van der Waals surface area (Å²) in [4.78, 5) is 19.6. The van der Waals surface area contributed by atoms with Gasteiger partial charge in [-0.25, -0.2) is 0 Å². The third-order valence-electron chi connectivity index (χ3n) is 3.49. The molecule has 0 rings (SSSR count). The second kappa shape index (κ2) is 19.9. The van der Waals surface area contributed by atoms with Crippen molar-refractivity contribution >= 4 is 11.9 Å². The van der Waals surface area contributed by atoms with Crippen molar-refractivity contribution in [3.05, 3.63) is 0 Å². The van der Waals surface area contributed by atoms with Crippen molar-refractivity contribution < 1.29 is 19.8 Å². The van der Waals surface area contributed by atoms with Crippen molar-refractivity contribution in [3.8, 4) is 0 Å². The molecule has 0 amide bonds. The third kappa shape index (κ3) is 27.3. The van der Waals surface area contributed by atoms with Crippen LogP contribution in [-0.2, 0) is 9.59 Å². The van der Waals surface area contributed by atoms with Crippen LogP contribution in [0.4, 0.5) is 0 Å². The molecule has 0 saturated heterocycles. The highest BCUT2D eigenvalue weighted by molar-refractivity contribution is 5.69. The van der Waals surface area contributed by atoms with Crippen molar-refractivity contribution in [2.45, 2.75) is 104 Å². The van der Waals surface area contributed by atoms with Crippen molar-refractivity contribution in [2.75, 3.05) is 0 Å². The summed E-state index contributed by atoms with van der Waals surface area (Å²) >= 11 is 0. The van der Waals surface area contributed by atoms with Gasteiger partial charge in [-0.1, -0.05) is 84.5 Å². The second-order valence-corrected chi connectivity index (χ2v) is 5.82. The minimum Gasteiger partial charge on any atom is -0.481 e. The number of hydrogen-bond donors (Lipinski definition) is 2. The van der Waals surface area contributed by atoms with Crippen molar-refractivity contribution in [1.82, 2.24) is 0 Å². The van der Waals surface area contributed by atoms with Gasteiger partial charge in [-0.15, -0.1) is 0 Å². The number of unbranched alkanes of at least 4 members (excludes halogenated alkanes) is 10. The predicted molar refractivity (Wildman–Crippen MR) is 91.3 cm³/mol. The summed E-state index contributed by atoms with van der Waals surface area (Å²) < 4.78 is 0. The number of aliphatic carboxylic acids is 2. The highest BCUT2D eigenvalue weighted by Crippen LogP contribution is 2.10. The first-order chi connectivity index (χ1) is 10.5. The van der Waals surface area contributed by atoms with E-state index in [4.69, 9.17) is 10.2 Å². The largest absolute Gasteiger partial charge is 0.481 e. The first kappa shape index (κ1) is 23.2. The van der Waals surface area contributed by atoms with Crippen LogP contribution in [0.25, 0.3) is 0 Å². The maximum Gasteiger partial charge on any atom is 0.303 e. The summed E-state index contributed by atoms with van der Waals surface area (Å²) in [7, 11) is 0. The van der Waals surface area contributed by atoms with Crippen molar-refractivity contribution in [1.29, 1.82) is 0 Å². The summed E-state index contributed by atoms with van der Waals surface area (Å²) in [5.41, 5.74) is 0. The molecular weight excluding hydrogens is 280 g/mol. The number of carboxylic acid groups (broad SMARTS) is 2. The van der Waals surface area contributed by atoms with E-state index in [1.165, 1.54) is 70.6 Å². The standard InChI is InChI=1S/C13H28.C5H8O4/c1-3-5-7-9-11-13-12-10-8-6-4-2;6-4(7)2-1-3-5(8)9/h3-13H2,1-2H3;1-3H2,(H,6,7)(H,8,9). The molecule has 0 unspecified atom stereocenters. The third-order valence-corrected chi connectivity index (χ3v) is 3.49. The average Bonchev–Trinajstić information content (AvgIpc) is 2.45. The molecule has 0 heterocycles. The van der Waals surface area contributed by atoms with E-state index in [0.29, 0.717) is 0 Å². The van der Waals surface area contributed by atoms with Gasteiger partial charge >= 0.3 is 11.9 Å². The maximum atomic E-state index is 9.79. The lowest BCUT2D eigenvalue weighted by molar-refractivity contribution is -0.138. The topological polar surface area (TPSA) is 74.6 Å². The molecule has 0 aromatic heterocycles. The Hall–Kier alpha value is -1.06. The fraction of sp³-hybridized carbons (Fsp3) is 0.889. The molecule has 22 heavy (non-hydrogen) atoms. The normalized spacial score (nSPS) is 9.91. The lowest BCUT2D eigenvalue weighted by Gasteiger charge is -2.00. The van der Waals surface area contributed by atoms with Crippen LogP contribution in [0.1, 0.15) is 104 Å². The fourth-order valence-corrected chi connectivity index (χ4v) is 2.13.